The number of aromatic amines is 1. The smallest absolute Gasteiger partial charge is 0.414 e. The molecule has 1 aliphatic carbocycles. The first kappa shape index (κ1) is 20.0. The summed E-state index contributed by atoms with van der Waals surface area (Å²) in [5, 5.41) is 17.3. The van der Waals surface area contributed by atoms with Gasteiger partial charge in [-0.2, -0.15) is 5.10 Å². The van der Waals surface area contributed by atoms with Gasteiger partial charge in [-0.3, -0.25) is 10.00 Å². The summed E-state index contributed by atoms with van der Waals surface area (Å²) < 4.78 is 5.27. The number of nitrogens with two attached hydrogens (primary N) is 1. The van der Waals surface area contributed by atoms with Crippen LogP contribution in [0.3, 0.4) is 0 Å². The first-order chi connectivity index (χ1) is 14.6. The molecule has 1 aromatic heterocycles. The number of aryl methyl sites for hydroxylation is 1. The third-order valence-corrected chi connectivity index (χ3v) is 5.51. The van der Waals surface area contributed by atoms with E-state index < -0.39 is 0 Å². The van der Waals surface area contributed by atoms with Gasteiger partial charge in [-0.25, -0.2) is 4.79 Å². The van der Waals surface area contributed by atoms with Crippen LogP contribution in [0.2, 0.25) is 0 Å². The molecular weight excluding hydrogens is 380 g/mol. The normalized spacial score (nSPS) is 17.4. The molecule has 5 rings (SSSR count). The summed E-state index contributed by atoms with van der Waals surface area (Å²) >= 11 is 0. The number of fused-ring (bicyclic) bond motifs is 3. The van der Waals surface area contributed by atoms with Crippen LogP contribution < -0.4 is 10.6 Å². The Morgan fingerprint density at radius 3 is 2.63 bits per heavy atom. The molecule has 0 saturated carbocycles. The zero-order chi connectivity index (χ0) is 21.3. The van der Waals surface area contributed by atoms with Gasteiger partial charge in [0.2, 0.25) is 0 Å². The van der Waals surface area contributed by atoms with Gasteiger partial charge in [-0.1, -0.05) is 6.07 Å². The number of carbonyl (C=O) groups is 1. The average Bonchev–Trinajstić information content (AvgIpc) is 3.27. The lowest BCUT2D eigenvalue weighted by Crippen LogP contribution is -2.24. The SMILES string of the molecule is CC1CN(c2ccc3c(c2)CCCc2c(-c4ccc(O)cc4)n[nH]c2-3)C(=O)O1.CN. The largest absolute Gasteiger partial charge is 0.508 e. The molecule has 1 atom stereocenters. The number of phenols is 1. The lowest BCUT2D eigenvalue weighted by Gasteiger charge is -2.15. The number of aromatic nitrogens is 2. The van der Waals surface area contributed by atoms with Crippen LogP contribution in [0.15, 0.2) is 42.5 Å². The summed E-state index contributed by atoms with van der Waals surface area (Å²) in [5.41, 5.74) is 11.9. The predicted molar refractivity (Wildman–Crippen MR) is 117 cm³/mol. The second-order valence-corrected chi connectivity index (χ2v) is 7.47. The number of anilines is 1. The number of amides is 1. The van der Waals surface area contributed by atoms with Crippen molar-refractivity contribution in [1.29, 1.82) is 0 Å². The molecule has 1 amide bonds. The van der Waals surface area contributed by atoms with Crippen molar-refractivity contribution in [1.82, 2.24) is 10.2 Å². The number of hydrogen-bond acceptors (Lipinski definition) is 5. The maximum Gasteiger partial charge on any atom is 0.414 e. The van der Waals surface area contributed by atoms with E-state index in [-0.39, 0.29) is 17.9 Å². The van der Waals surface area contributed by atoms with E-state index in [0.717, 1.165) is 47.5 Å². The first-order valence-corrected chi connectivity index (χ1v) is 10.2. The summed E-state index contributed by atoms with van der Waals surface area (Å²) in [6.07, 6.45) is 2.51. The molecule has 1 fully saturated rings. The van der Waals surface area contributed by atoms with Gasteiger partial charge < -0.3 is 15.6 Å². The molecule has 2 aromatic carbocycles. The van der Waals surface area contributed by atoms with Crippen LogP contribution >= 0.6 is 0 Å². The van der Waals surface area contributed by atoms with Crippen LogP contribution in [0.25, 0.3) is 22.5 Å². The van der Waals surface area contributed by atoms with Gasteiger partial charge in [-0.05, 0) is 75.2 Å². The summed E-state index contributed by atoms with van der Waals surface area (Å²) in [5.74, 6) is 0.248. The van der Waals surface area contributed by atoms with Gasteiger partial charge in [0.25, 0.3) is 0 Å². The van der Waals surface area contributed by atoms with Crippen LogP contribution in [0.1, 0.15) is 24.5 Å². The van der Waals surface area contributed by atoms with Crippen molar-refractivity contribution in [2.24, 2.45) is 5.73 Å². The highest BCUT2D eigenvalue weighted by molar-refractivity contribution is 5.90. The van der Waals surface area contributed by atoms with E-state index in [9.17, 15) is 9.90 Å². The molecule has 156 valence electrons. The summed E-state index contributed by atoms with van der Waals surface area (Å²) in [6, 6.07) is 13.3. The third kappa shape index (κ3) is 3.52. The van der Waals surface area contributed by atoms with Gasteiger partial charge in [0.1, 0.15) is 11.9 Å². The average molecular weight is 406 g/mol. The fraction of sp³-hybridized carbons (Fsp3) is 0.304. The van der Waals surface area contributed by atoms with Crippen molar-refractivity contribution in [2.75, 3.05) is 18.5 Å². The minimum atomic E-state index is -0.280. The molecular formula is C23H26N4O3. The molecule has 0 radical (unpaired) electrons. The molecule has 0 spiro atoms. The van der Waals surface area contributed by atoms with Crippen molar-refractivity contribution in [2.45, 2.75) is 32.3 Å². The quantitative estimate of drug-likeness (QED) is 0.599. The highest BCUT2D eigenvalue weighted by atomic mass is 16.6. The Bertz CT molecular complexity index is 1060. The molecule has 30 heavy (non-hydrogen) atoms. The van der Waals surface area contributed by atoms with Crippen LogP contribution in [-0.4, -0.2) is 41.1 Å². The summed E-state index contributed by atoms with van der Waals surface area (Å²) in [7, 11) is 1.50. The van der Waals surface area contributed by atoms with E-state index in [0.29, 0.717) is 6.54 Å². The van der Waals surface area contributed by atoms with Crippen molar-refractivity contribution < 1.29 is 14.6 Å². The number of aromatic hydroxyl groups is 1. The van der Waals surface area contributed by atoms with E-state index in [1.54, 1.807) is 17.0 Å². The molecule has 7 heteroatoms. The van der Waals surface area contributed by atoms with Crippen molar-refractivity contribution in [3.05, 3.63) is 53.6 Å². The van der Waals surface area contributed by atoms with Crippen LogP contribution in [0.4, 0.5) is 10.5 Å². The fourth-order valence-electron chi connectivity index (χ4n) is 4.16. The highest BCUT2D eigenvalue weighted by Crippen LogP contribution is 2.38. The molecule has 1 aliphatic heterocycles. The van der Waals surface area contributed by atoms with Crippen molar-refractivity contribution >= 4 is 11.8 Å². The monoisotopic (exact) mass is 406 g/mol. The Morgan fingerprint density at radius 2 is 1.93 bits per heavy atom. The molecule has 2 aliphatic rings. The maximum atomic E-state index is 12.1. The Labute approximate surface area is 175 Å². The lowest BCUT2D eigenvalue weighted by molar-refractivity contribution is 0.150. The lowest BCUT2D eigenvalue weighted by atomic mass is 9.99. The second kappa shape index (κ2) is 8.20. The van der Waals surface area contributed by atoms with E-state index in [1.807, 2.05) is 25.1 Å². The Hall–Kier alpha value is -3.32. The van der Waals surface area contributed by atoms with E-state index in [1.165, 1.54) is 18.2 Å². The molecule has 1 unspecified atom stereocenters. The number of nitrogens with one attached hydrogen (secondary N) is 1. The Kier molecular flexibility index (Phi) is 5.46. The van der Waals surface area contributed by atoms with E-state index >= 15 is 0 Å². The second-order valence-electron chi connectivity index (χ2n) is 7.47. The number of hydrogen-bond donors (Lipinski definition) is 3. The summed E-state index contributed by atoms with van der Waals surface area (Å²) in [4.78, 5) is 13.8. The third-order valence-electron chi connectivity index (χ3n) is 5.51. The number of H-pyrrole nitrogens is 1. The van der Waals surface area contributed by atoms with Crippen molar-refractivity contribution in [3.8, 4) is 28.3 Å². The molecule has 0 bridgehead atoms. The van der Waals surface area contributed by atoms with Crippen LogP contribution in [-0.2, 0) is 17.6 Å². The van der Waals surface area contributed by atoms with Gasteiger partial charge in [0, 0.05) is 22.4 Å². The predicted octanol–water partition coefficient (Wildman–Crippen LogP) is 3.86. The number of phenolic OH excluding ortho intramolecular Hbond substituents is 1. The zero-order valence-corrected chi connectivity index (χ0v) is 17.2. The maximum absolute atomic E-state index is 12.1. The minimum absolute atomic E-state index is 0.0848. The fourth-order valence-corrected chi connectivity index (χ4v) is 4.16. The van der Waals surface area contributed by atoms with Crippen LogP contribution in [0.5, 0.6) is 5.75 Å². The Morgan fingerprint density at radius 1 is 1.17 bits per heavy atom. The highest BCUT2D eigenvalue weighted by Gasteiger charge is 2.30. The minimum Gasteiger partial charge on any atom is -0.508 e. The summed E-state index contributed by atoms with van der Waals surface area (Å²) in [6.45, 7) is 2.49. The van der Waals surface area contributed by atoms with Gasteiger partial charge in [-0.15, -0.1) is 0 Å². The standard InChI is InChI=1S/C22H21N3O3.CH5N/c1-13-12-25(22(27)28-13)16-7-10-18-15(11-16)3-2-4-19-20(23-24-21(18)19)14-5-8-17(26)9-6-14;1-2/h5-11,13,26H,2-4,12H2,1H3,(H,23,24);2H2,1H3. The molecule has 4 N–H and O–H groups in total. The number of carbonyl (C=O) groups excluding carboxylic acids is 1. The molecule has 3 aromatic rings. The van der Waals surface area contributed by atoms with E-state index in [4.69, 9.17) is 4.74 Å². The van der Waals surface area contributed by atoms with Gasteiger partial charge >= 0.3 is 6.09 Å². The van der Waals surface area contributed by atoms with Crippen molar-refractivity contribution in [3.63, 3.8) is 0 Å². The van der Waals surface area contributed by atoms with E-state index in [2.05, 4.69) is 28.1 Å². The number of ether oxygens (including phenoxy) is 1. The number of cyclic esters (lactones) is 1. The molecule has 7 nitrogen and oxygen atoms in total. The number of nitrogens with zero attached hydrogens (tertiary/aromatic N) is 2. The van der Waals surface area contributed by atoms with Gasteiger partial charge in [0.05, 0.1) is 17.9 Å². The van der Waals surface area contributed by atoms with Crippen LogP contribution in [0, 0.1) is 0 Å². The number of benzene rings is 2. The molecule has 2 heterocycles. The first-order valence-electron chi connectivity index (χ1n) is 10.2. The van der Waals surface area contributed by atoms with Gasteiger partial charge in [0.15, 0.2) is 0 Å². The molecule has 1 saturated heterocycles. The zero-order valence-electron chi connectivity index (χ0n) is 17.2. The Balaban J connectivity index is 0.00000106. The topological polar surface area (TPSA) is 104 Å². The number of rotatable bonds is 2.